The molecule has 0 unspecified atom stereocenters. The molecule has 25 heavy (non-hydrogen) atoms. The first-order valence-electron chi connectivity index (χ1n) is 6.76. The SMILES string of the molecule is C1CCOC1.COc1cc(Cl)cnn1.C[O-].Clc1cnnc(Cl)c1.[Na+]. The average Bonchev–Trinajstić information content (AvgIpc) is 3.17. The first-order chi connectivity index (χ1) is 11.6. The summed E-state index contributed by atoms with van der Waals surface area (Å²) in [6, 6.07) is 3.12. The molecule has 0 N–H and O–H groups in total. The van der Waals surface area contributed by atoms with Crippen LogP contribution in [0, 0.1) is 0 Å². The third-order valence-electron chi connectivity index (χ3n) is 2.23. The van der Waals surface area contributed by atoms with Crippen molar-refractivity contribution in [1.29, 1.82) is 0 Å². The van der Waals surface area contributed by atoms with Gasteiger partial charge in [-0.3, -0.25) is 0 Å². The van der Waals surface area contributed by atoms with Gasteiger partial charge in [0.05, 0.1) is 29.5 Å². The van der Waals surface area contributed by atoms with Crippen molar-refractivity contribution >= 4 is 34.8 Å². The molecule has 0 amide bonds. The fourth-order valence-electron chi connectivity index (χ4n) is 1.25. The van der Waals surface area contributed by atoms with E-state index in [0.29, 0.717) is 21.1 Å². The number of methoxy groups -OCH3 is 1. The summed E-state index contributed by atoms with van der Waals surface area (Å²) >= 11 is 16.4. The summed E-state index contributed by atoms with van der Waals surface area (Å²) < 4.78 is 9.68. The summed E-state index contributed by atoms with van der Waals surface area (Å²) in [6.45, 7) is 2.00. The van der Waals surface area contributed by atoms with Crippen LogP contribution in [0.25, 0.3) is 0 Å². The molecule has 7 nitrogen and oxygen atoms in total. The molecule has 0 saturated carbocycles. The number of ether oxygens (including phenoxy) is 2. The molecule has 0 atom stereocenters. The van der Waals surface area contributed by atoms with E-state index in [1.165, 1.54) is 38.4 Å². The van der Waals surface area contributed by atoms with E-state index >= 15 is 0 Å². The zero-order chi connectivity index (χ0) is 18.2. The smallest absolute Gasteiger partial charge is 0.857 e. The van der Waals surface area contributed by atoms with Crippen molar-refractivity contribution < 1.29 is 44.1 Å². The summed E-state index contributed by atoms with van der Waals surface area (Å²) in [7, 11) is 2.26. The van der Waals surface area contributed by atoms with Crippen molar-refractivity contribution in [1.82, 2.24) is 20.4 Å². The van der Waals surface area contributed by atoms with Gasteiger partial charge in [-0.15, -0.1) is 10.2 Å². The summed E-state index contributed by atoms with van der Waals surface area (Å²) in [5, 5.41) is 23.7. The molecule has 2 aromatic heterocycles. The number of rotatable bonds is 1. The van der Waals surface area contributed by atoms with Gasteiger partial charge in [-0.05, 0) is 18.9 Å². The second-order valence-electron chi connectivity index (χ2n) is 3.93. The molecule has 1 fully saturated rings. The predicted molar refractivity (Wildman–Crippen MR) is 91.6 cm³/mol. The predicted octanol–water partition coefficient (Wildman–Crippen LogP) is -0.301. The largest absolute Gasteiger partial charge is 1.00 e. The Morgan fingerprint density at radius 1 is 0.960 bits per heavy atom. The fraction of sp³-hybridized carbons (Fsp3) is 0.429. The van der Waals surface area contributed by atoms with Gasteiger partial charge in [0, 0.05) is 19.3 Å². The normalized spacial score (nSPS) is 11.3. The second kappa shape index (κ2) is 18.5. The fourth-order valence-corrected chi connectivity index (χ4v) is 1.76. The van der Waals surface area contributed by atoms with Crippen LogP contribution in [0.2, 0.25) is 15.2 Å². The van der Waals surface area contributed by atoms with Gasteiger partial charge < -0.3 is 14.6 Å². The molecule has 3 rings (SSSR count). The van der Waals surface area contributed by atoms with Gasteiger partial charge in [-0.25, -0.2) is 0 Å². The standard InChI is InChI=1S/C5H5ClN2O.C4H2Cl2N2.C4H8O.CH3O.Na/c1-9-5-2-4(6)3-7-8-5;5-3-1-4(6)8-7-2-3;1-2-4-5-3-1;1-2;/h2-3H,1H3;1-2H;1-4H2;1H3;/q;;;-1;+1. The van der Waals surface area contributed by atoms with E-state index in [1.54, 1.807) is 6.07 Å². The number of aromatic nitrogens is 4. The van der Waals surface area contributed by atoms with Crippen molar-refractivity contribution in [2.45, 2.75) is 12.8 Å². The van der Waals surface area contributed by atoms with Gasteiger partial charge in [0.1, 0.15) is 0 Å². The summed E-state index contributed by atoms with van der Waals surface area (Å²) in [4.78, 5) is 0. The zero-order valence-electron chi connectivity index (χ0n) is 14.3. The topological polar surface area (TPSA) is 93.1 Å². The quantitative estimate of drug-likeness (QED) is 0.586. The number of nitrogens with zero attached hydrogens (tertiary/aromatic N) is 4. The van der Waals surface area contributed by atoms with Crippen LogP contribution < -0.4 is 39.4 Å². The van der Waals surface area contributed by atoms with Gasteiger partial charge in [-0.2, -0.15) is 17.3 Å². The Bertz CT molecular complexity index is 541. The van der Waals surface area contributed by atoms with Crippen molar-refractivity contribution in [2.24, 2.45) is 0 Å². The Balaban J connectivity index is 0. The molecule has 1 aliphatic heterocycles. The van der Waals surface area contributed by atoms with Gasteiger partial charge in [0.2, 0.25) is 5.88 Å². The molecule has 134 valence electrons. The molecule has 0 aromatic carbocycles. The Labute approximate surface area is 184 Å². The minimum atomic E-state index is 0. The third kappa shape index (κ3) is 15.7. The Hall–Kier alpha value is -0.250. The van der Waals surface area contributed by atoms with E-state index in [4.69, 9.17) is 49.4 Å². The summed E-state index contributed by atoms with van der Waals surface area (Å²) in [5.74, 6) is 0.433. The molecule has 1 saturated heterocycles. The first-order valence-corrected chi connectivity index (χ1v) is 7.89. The summed E-state index contributed by atoms with van der Waals surface area (Å²) in [5.41, 5.74) is 0. The van der Waals surface area contributed by atoms with Crippen LogP contribution in [0.15, 0.2) is 24.5 Å². The Morgan fingerprint density at radius 2 is 1.48 bits per heavy atom. The van der Waals surface area contributed by atoms with Gasteiger partial charge in [-0.1, -0.05) is 34.8 Å². The monoisotopic (exact) mass is 418 g/mol. The van der Waals surface area contributed by atoms with Crippen LogP contribution in [0.1, 0.15) is 12.8 Å². The van der Waals surface area contributed by atoms with Crippen LogP contribution in [0.5, 0.6) is 5.88 Å². The average molecular weight is 420 g/mol. The van der Waals surface area contributed by atoms with Crippen molar-refractivity contribution in [3.8, 4) is 5.88 Å². The van der Waals surface area contributed by atoms with Crippen LogP contribution in [0.3, 0.4) is 0 Å². The Morgan fingerprint density at radius 3 is 1.76 bits per heavy atom. The molecule has 0 spiro atoms. The van der Waals surface area contributed by atoms with E-state index in [1.807, 2.05) is 0 Å². The van der Waals surface area contributed by atoms with E-state index in [0.717, 1.165) is 20.3 Å². The van der Waals surface area contributed by atoms with Crippen molar-refractivity contribution in [3.63, 3.8) is 0 Å². The maximum atomic E-state index is 8.25. The van der Waals surface area contributed by atoms with Gasteiger partial charge >= 0.3 is 29.6 Å². The van der Waals surface area contributed by atoms with Gasteiger partial charge in [0.15, 0.2) is 5.15 Å². The first kappa shape index (κ1) is 27.0. The van der Waals surface area contributed by atoms with E-state index in [-0.39, 0.29) is 29.6 Å². The molecule has 3 heterocycles. The molecule has 1 aliphatic rings. The van der Waals surface area contributed by atoms with Crippen molar-refractivity contribution in [3.05, 3.63) is 39.7 Å². The molecule has 11 heteroatoms. The van der Waals surface area contributed by atoms with Crippen LogP contribution in [-0.2, 0) is 4.74 Å². The van der Waals surface area contributed by atoms with E-state index in [9.17, 15) is 0 Å². The molecule has 0 bridgehead atoms. The molecule has 2 aromatic rings. The second-order valence-corrected chi connectivity index (χ2v) is 5.19. The number of halogens is 3. The minimum absolute atomic E-state index is 0. The maximum absolute atomic E-state index is 8.25. The minimum Gasteiger partial charge on any atom is -0.857 e. The van der Waals surface area contributed by atoms with Crippen LogP contribution >= 0.6 is 34.8 Å². The molecular weight excluding hydrogens is 402 g/mol. The van der Waals surface area contributed by atoms with Crippen LogP contribution in [0.4, 0.5) is 0 Å². The number of hydrogen-bond acceptors (Lipinski definition) is 7. The maximum Gasteiger partial charge on any atom is 1.00 e. The Kier molecular flexibility index (Phi) is 20.0. The van der Waals surface area contributed by atoms with Crippen molar-refractivity contribution in [2.75, 3.05) is 27.4 Å². The molecular formula is C14H18Cl3N4NaO3. The van der Waals surface area contributed by atoms with Crippen LogP contribution in [-0.4, -0.2) is 47.8 Å². The number of hydrogen-bond donors (Lipinski definition) is 0. The van der Waals surface area contributed by atoms with E-state index < -0.39 is 0 Å². The summed E-state index contributed by atoms with van der Waals surface area (Å²) in [6.07, 6.45) is 5.43. The zero-order valence-corrected chi connectivity index (χ0v) is 18.6. The molecule has 0 aliphatic carbocycles. The molecule has 0 radical (unpaired) electrons. The van der Waals surface area contributed by atoms with E-state index in [2.05, 4.69) is 20.4 Å². The third-order valence-corrected chi connectivity index (χ3v) is 2.82. The van der Waals surface area contributed by atoms with Gasteiger partial charge in [0.25, 0.3) is 0 Å².